The third-order valence-electron chi connectivity index (χ3n) is 3.48. The van der Waals surface area contributed by atoms with Crippen molar-refractivity contribution in [2.45, 2.75) is 45.8 Å². The van der Waals surface area contributed by atoms with Crippen LogP contribution in [0.1, 0.15) is 45.2 Å². The van der Waals surface area contributed by atoms with Crippen molar-refractivity contribution >= 4 is 11.8 Å². The number of nitrogens with one attached hydrogen (secondary N) is 4. The zero-order valence-corrected chi connectivity index (χ0v) is 13.8. The van der Waals surface area contributed by atoms with E-state index < -0.39 is 0 Å². The second-order valence-corrected chi connectivity index (χ2v) is 6.99. The number of carbonyl (C=O) groups excluding carboxylic acids is 2. The number of rotatable bonds is 5. The van der Waals surface area contributed by atoms with E-state index in [0.29, 0.717) is 6.42 Å². The summed E-state index contributed by atoms with van der Waals surface area (Å²) in [5.74, 6) is -0.318. The number of hydrazine groups is 1. The highest BCUT2D eigenvalue weighted by Gasteiger charge is 2.26. The standard InChI is InChI=1S/C16H25N5O2/c1-16(2,3)9-14(22)18-10-15(23)19-13-8-12(20-21-13)11-4-6-17-7-5-11/h4-7,12-13,20-21H,8-10H2,1-3H3,(H,18,22)(H,19,23). The SMILES string of the molecule is CC(C)(C)CC(=O)NCC(=O)NC1CC(c2ccncc2)NN1. The van der Waals surface area contributed by atoms with Gasteiger partial charge in [-0.25, -0.2) is 10.9 Å². The smallest absolute Gasteiger partial charge is 0.240 e. The normalized spacial score (nSPS) is 21.0. The summed E-state index contributed by atoms with van der Waals surface area (Å²) >= 11 is 0. The molecule has 0 bridgehead atoms. The minimum atomic E-state index is -0.207. The van der Waals surface area contributed by atoms with Crippen molar-refractivity contribution in [3.63, 3.8) is 0 Å². The molecule has 1 aliphatic rings. The lowest BCUT2D eigenvalue weighted by Gasteiger charge is -2.17. The number of aromatic nitrogens is 1. The van der Waals surface area contributed by atoms with Gasteiger partial charge in [-0.3, -0.25) is 14.6 Å². The molecule has 2 atom stereocenters. The lowest BCUT2D eigenvalue weighted by atomic mass is 9.92. The van der Waals surface area contributed by atoms with Crippen LogP contribution in [-0.4, -0.2) is 29.5 Å². The first-order valence-corrected chi connectivity index (χ1v) is 7.80. The van der Waals surface area contributed by atoms with Crippen molar-refractivity contribution in [2.75, 3.05) is 6.54 Å². The van der Waals surface area contributed by atoms with Crippen molar-refractivity contribution in [2.24, 2.45) is 5.41 Å². The molecule has 1 aliphatic heterocycles. The van der Waals surface area contributed by atoms with Gasteiger partial charge in [0.2, 0.25) is 11.8 Å². The predicted molar refractivity (Wildman–Crippen MR) is 86.9 cm³/mol. The number of amides is 2. The lowest BCUT2D eigenvalue weighted by molar-refractivity contribution is -0.127. The van der Waals surface area contributed by atoms with E-state index >= 15 is 0 Å². The summed E-state index contributed by atoms with van der Waals surface area (Å²) in [6.07, 6.45) is 4.45. The van der Waals surface area contributed by atoms with E-state index in [1.807, 2.05) is 32.9 Å². The van der Waals surface area contributed by atoms with E-state index in [0.717, 1.165) is 12.0 Å². The largest absolute Gasteiger partial charge is 0.347 e. The molecular weight excluding hydrogens is 294 g/mol. The molecule has 2 heterocycles. The molecular formula is C16H25N5O2. The fourth-order valence-electron chi connectivity index (χ4n) is 2.43. The molecule has 1 fully saturated rings. The van der Waals surface area contributed by atoms with Crippen LogP contribution in [0.25, 0.3) is 0 Å². The number of pyridine rings is 1. The summed E-state index contributed by atoms with van der Waals surface area (Å²) in [5.41, 5.74) is 7.22. The second-order valence-electron chi connectivity index (χ2n) is 6.99. The summed E-state index contributed by atoms with van der Waals surface area (Å²) in [5, 5.41) is 5.50. The van der Waals surface area contributed by atoms with Gasteiger partial charge >= 0.3 is 0 Å². The van der Waals surface area contributed by atoms with Gasteiger partial charge in [-0.1, -0.05) is 20.8 Å². The second kappa shape index (κ2) is 7.52. The fourth-order valence-corrected chi connectivity index (χ4v) is 2.43. The molecule has 23 heavy (non-hydrogen) atoms. The highest BCUT2D eigenvalue weighted by Crippen LogP contribution is 2.20. The molecule has 0 saturated carbocycles. The summed E-state index contributed by atoms with van der Waals surface area (Å²) < 4.78 is 0. The lowest BCUT2D eigenvalue weighted by Crippen LogP contribution is -2.47. The molecule has 2 rings (SSSR count). The minimum Gasteiger partial charge on any atom is -0.347 e. The molecule has 1 aromatic heterocycles. The maximum Gasteiger partial charge on any atom is 0.240 e. The van der Waals surface area contributed by atoms with Gasteiger partial charge in [-0.05, 0) is 23.1 Å². The Labute approximate surface area is 136 Å². The molecule has 0 radical (unpaired) electrons. The Morgan fingerprint density at radius 2 is 1.91 bits per heavy atom. The first-order chi connectivity index (χ1) is 10.8. The molecule has 7 nitrogen and oxygen atoms in total. The summed E-state index contributed by atoms with van der Waals surface area (Å²) in [6.45, 7) is 5.95. The number of carbonyl (C=O) groups is 2. The molecule has 7 heteroatoms. The highest BCUT2D eigenvalue weighted by atomic mass is 16.2. The Hall–Kier alpha value is -1.99. The molecule has 1 aromatic rings. The van der Waals surface area contributed by atoms with Crippen molar-refractivity contribution in [1.82, 2.24) is 26.5 Å². The fraction of sp³-hybridized carbons (Fsp3) is 0.562. The van der Waals surface area contributed by atoms with E-state index in [9.17, 15) is 9.59 Å². The molecule has 126 valence electrons. The Balaban J connectivity index is 1.71. The Kier molecular flexibility index (Phi) is 5.68. The van der Waals surface area contributed by atoms with Crippen LogP contribution >= 0.6 is 0 Å². The highest BCUT2D eigenvalue weighted by molar-refractivity contribution is 5.85. The molecule has 2 unspecified atom stereocenters. The van der Waals surface area contributed by atoms with Gasteiger partial charge in [0.15, 0.2) is 0 Å². The van der Waals surface area contributed by atoms with E-state index in [4.69, 9.17) is 0 Å². The summed E-state index contributed by atoms with van der Waals surface area (Å²) in [4.78, 5) is 27.6. The maximum atomic E-state index is 11.9. The van der Waals surface area contributed by atoms with Crippen LogP contribution in [0.5, 0.6) is 0 Å². The molecule has 0 aliphatic carbocycles. The third kappa shape index (κ3) is 5.96. The third-order valence-corrected chi connectivity index (χ3v) is 3.48. The molecule has 1 saturated heterocycles. The Morgan fingerprint density at radius 1 is 1.22 bits per heavy atom. The van der Waals surface area contributed by atoms with E-state index in [2.05, 4.69) is 26.5 Å². The van der Waals surface area contributed by atoms with Crippen LogP contribution in [0, 0.1) is 5.41 Å². The van der Waals surface area contributed by atoms with Crippen LogP contribution in [0.2, 0.25) is 0 Å². The predicted octanol–water partition coefficient (Wildman–Crippen LogP) is 0.615. The summed E-state index contributed by atoms with van der Waals surface area (Å²) in [7, 11) is 0. The van der Waals surface area contributed by atoms with Gasteiger partial charge in [0, 0.05) is 31.3 Å². The molecule has 0 spiro atoms. The van der Waals surface area contributed by atoms with Gasteiger partial charge in [-0.2, -0.15) is 0 Å². The monoisotopic (exact) mass is 319 g/mol. The van der Waals surface area contributed by atoms with Crippen molar-refractivity contribution in [1.29, 1.82) is 0 Å². The first kappa shape index (κ1) is 17.4. The minimum absolute atomic E-state index is 0.00693. The van der Waals surface area contributed by atoms with Crippen LogP contribution < -0.4 is 21.5 Å². The van der Waals surface area contributed by atoms with Gasteiger partial charge in [-0.15, -0.1) is 0 Å². The zero-order chi connectivity index (χ0) is 16.9. The Bertz CT molecular complexity index is 541. The van der Waals surface area contributed by atoms with Gasteiger partial charge in [0.1, 0.15) is 0 Å². The van der Waals surface area contributed by atoms with E-state index in [1.165, 1.54) is 0 Å². The maximum absolute atomic E-state index is 11.9. The van der Waals surface area contributed by atoms with Gasteiger partial charge in [0.25, 0.3) is 0 Å². The Morgan fingerprint density at radius 3 is 2.57 bits per heavy atom. The number of nitrogens with zero attached hydrogens (tertiary/aromatic N) is 1. The first-order valence-electron chi connectivity index (χ1n) is 7.80. The van der Waals surface area contributed by atoms with E-state index in [-0.39, 0.29) is 36.0 Å². The molecule has 4 N–H and O–H groups in total. The van der Waals surface area contributed by atoms with Gasteiger partial charge < -0.3 is 10.6 Å². The average molecular weight is 319 g/mol. The molecule has 2 amide bonds. The number of hydrogen-bond acceptors (Lipinski definition) is 5. The summed E-state index contributed by atoms with van der Waals surface area (Å²) in [6, 6.07) is 4.01. The zero-order valence-electron chi connectivity index (χ0n) is 13.8. The van der Waals surface area contributed by atoms with Crippen molar-refractivity contribution in [3.05, 3.63) is 30.1 Å². The van der Waals surface area contributed by atoms with Crippen LogP contribution in [0.3, 0.4) is 0 Å². The number of hydrogen-bond donors (Lipinski definition) is 4. The quantitative estimate of drug-likeness (QED) is 0.638. The van der Waals surface area contributed by atoms with Crippen molar-refractivity contribution < 1.29 is 9.59 Å². The topological polar surface area (TPSA) is 95.2 Å². The molecule has 0 aromatic carbocycles. The van der Waals surface area contributed by atoms with Crippen LogP contribution in [0.4, 0.5) is 0 Å². The van der Waals surface area contributed by atoms with Crippen LogP contribution in [0.15, 0.2) is 24.5 Å². The van der Waals surface area contributed by atoms with E-state index in [1.54, 1.807) is 12.4 Å². The van der Waals surface area contributed by atoms with Gasteiger partial charge in [0.05, 0.1) is 12.7 Å². The van der Waals surface area contributed by atoms with Crippen molar-refractivity contribution in [3.8, 4) is 0 Å². The average Bonchev–Trinajstić information content (AvgIpc) is 2.93. The van der Waals surface area contributed by atoms with Crippen LogP contribution in [-0.2, 0) is 9.59 Å².